The molecule has 3 fully saturated rings. The van der Waals surface area contributed by atoms with Crippen molar-refractivity contribution in [1.29, 1.82) is 0 Å². The van der Waals surface area contributed by atoms with Crippen molar-refractivity contribution < 1.29 is 4.74 Å². The lowest BCUT2D eigenvalue weighted by Crippen LogP contribution is -2.45. The van der Waals surface area contributed by atoms with Crippen LogP contribution in [0.1, 0.15) is 44.9 Å². The maximum absolute atomic E-state index is 5.52. The Morgan fingerprint density at radius 3 is 2.56 bits per heavy atom. The van der Waals surface area contributed by atoms with Crippen LogP contribution in [0.15, 0.2) is 0 Å². The van der Waals surface area contributed by atoms with Crippen molar-refractivity contribution in [3.63, 3.8) is 0 Å². The molecule has 3 nitrogen and oxygen atoms in total. The summed E-state index contributed by atoms with van der Waals surface area (Å²) >= 11 is 0. The average molecular weight is 252 g/mol. The highest BCUT2D eigenvalue weighted by molar-refractivity contribution is 4.89. The van der Waals surface area contributed by atoms with E-state index in [4.69, 9.17) is 4.74 Å². The van der Waals surface area contributed by atoms with Gasteiger partial charge in [0.05, 0.1) is 13.2 Å². The van der Waals surface area contributed by atoms with E-state index < -0.39 is 0 Å². The van der Waals surface area contributed by atoms with Crippen LogP contribution < -0.4 is 5.32 Å². The summed E-state index contributed by atoms with van der Waals surface area (Å²) in [6, 6.07) is 0.598. The van der Waals surface area contributed by atoms with E-state index in [1.165, 1.54) is 64.6 Å². The normalized spacial score (nSPS) is 33.0. The first-order chi connectivity index (χ1) is 8.86. The Morgan fingerprint density at radius 2 is 1.89 bits per heavy atom. The second kappa shape index (κ2) is 5.89. The Labute approximate surface area is 111 Å². The third-order valence-corrected chi connectivity index (χ3v) is 5.37. The molecule has 1 atom stereocenters. The second-order valence-corrected chi connectivity index (χ2v) is 6.56. The van der Waals surface area contributed by atoms with Gasteiger partial charge in [-0.25, -0.2) is 0 Å². The van der Waals surface area contributed by atoms with E-state index in [9.17, 15) is 0 Å². The minimum absolute atomic E-state index is 0.598. The van der Waals surface area contributed by atoms with Gasteiger partial charge in [-0.05, 0) is 57.2 Å². The standard InChI is InChI=1S/C15H28N2O/c1-2-5-15(4-1)6-10-17(11-7-15)9-3-14-13-18-12-8-16-14/h14,16H,1-13H2. The fraction of sp³-hybridized carbons (Fsp3) is 1.00. The number of ether oxygens (including phenoxy) is 1. The summed E-state index contributed by atoms with van der Waals surface area (Å²) in [4.78, 5) is 2.68. The highest BCUT2D eigenvalue weighted by Crippen LogP contribution is 2.46. The van der Waals surface area contributed by atoms with E-state index in [-0.39, 0.29) is 0 Å². The molecular weight excluding hydrogens is 224 g/mol. The zero-order valence-corrected chi connectivity index (χ0v) is 11.6. The van der Waals surface area contributed by atoms with Crippen molar-refractivity contribution in [2.45, 2.75) is 51.0 Å². The minimum Gasteiger partial charge on any atom is -0.379 e. The quantitative estimate of drug-likeness (QED) is 0.831. The molecule has 2 heterocycles. The molecule has 3 rings (SSSR count). The van der Waals surface area contributed by atoms with E-state index in [1.807, 2.05) is 0 Å². The fourth-order valence-corrected chi connectivity index (χ4v) is 4.02. The molecule has 0 bridgehead atoms. The van der Waals surface area contributed by atoms with Crippen LogP contribution in [0.2, 0.25) is 0 Å². The molecular formula is C15H28N2O. The zero-order chi connectivity index (χ0) is 12.3. The van der Waals surface area contributed by atoms with E-state index in [0.29, 0.717) is 6.04 Å². The van der Waals surface area contributed by atoms with Gasteiger partial charge >= 0.3 is 0 Å². The van der Waals surface area contributed by atoms with Crippen molar-refractivity contribution in [3.05, 3.63) is 0 Å². The van der Waals surface area contributed by atoms with Gasteiger partial charge in [0.15, 0.2) is 0 Å². The average Bonchev–Trinajstić information content (AvgIpc) is 2.88. The van der Waals surface area contributed by atoms with E-state index in [1.54, 1.807) is 0 Å². The molecule has 0 aromatic carbocycles. The van der Waals surface area contributed by atoms with Crippen molar-refractivity contribution in [2.75, 3.05) is 39.4 Å². The van der Waals surface area contributed by atoms with E-state index in [2.05, 4.69) is 10.2 Å². The summed E-state index contributed by atoms with van der Waals surface area (Å²) in [5.41, 5.74) is 0.767. The van der Waals surface area contributed by atoms with Crippen molar-refractivity contribution in [1.82, 2.24) is 10.2 Å². The van der Waals surface area contributed by atoms with E-state index >= 15 is 0 Å². The maximum Gasteiger partial charge on any atom is 0.0620 e. The molecule has 1 aliphatic carbocycles. The van der Waals surface area contributed by atoms with Gasteiger partial charge in [-0.15, -0.1) is 0 Å². The highest BCUT2D eigenvalue weighted by Gasteiger charge is 2.36. The Bertz CT molecular complexity index is 247. The van der Waals surface area contributed by atoms with Gasteiger partial charge in [0.25, 0.3) is 0 Å². The lowest BCUT2D eigenvalue weighted by Gasteiger charge is -2.40. The lowest BCUT2D eigenvalue weighted by atomic mass is 9.77. The molecule has 2 saturated heterocycles. The van der Waals surface area contributed by atoms with Crippen LogP contribution in [0.4, 0.5) is 0 Å². The number of nitrogens with one attached hydrogen (secondary N) is 1. The number of nitrogens with zero attached hydrogens (tertiary/aromatic N) is 1. The highest BCUT2D eigenvalue weighted by atomic mass is 16.5. The summed E-state index contributed by atoms with van der Waals surface area (Å²) in [6.07, 6.45) is 10.2. The molecule has 1 saturated carbocycles. The number of morpholine rings is 1. The fourth-order valence-electron chi connectivity index (χ4n) is 4.02. The Hall–Kier alpha value is -0.120. The summed E-state index contributed by atoms with van der Waals surface area (Å²) in [5, 5.41) is 3.56. The van der Waals surface area contributed by atoms with Crippen LogP contribution >= 0.6 is 0 Å². The van der Waals surface area contributed by atoms with Crippen LogP contribution in [0.5, 0.6) is 0 Å². The Morgan fingerprint density at radius 1 is 1.11 bits per heavy atom. The molecule has 0 radical (unpaired) electrons. The van der Waals surface area contributed by atoms with Gasteiger partial charge < -0.3 is 15.0 Å². The Kier molecular flexibility index (Phi) is 4.22. The van der Waals surface area contributed by atoms with Gasteiger partial charge in [-0.2, -0.15) is 0 Å². The molecule has 2 aliphatic heterocycles. The smallest absolute Gasteiger partial charge is 0.0620 e. The topological polar surface area (TPSA) is 24.5 Å². The van der Waals surface area contributed by atoms with Crippen LogP contribution in [-0.4, -0.2) is 50.3 Å². The predicted molar refractivity (Wildman–Crippen MR) is 73.8 cm³/mol. The zero-order valence-electron chi connectivity index (χ0n) is 11.6. The first kappa shape index (κ1) is 12.9. The number of likely N-dealkylation sites (tertiary alicyclic amines) is 1. The van der Waals surface area contributed by atoms with Gasteiger partial charge in [0.1, 0.15) is 0 Å². The number of piperidine rings is 1. The predicted octanol–water partition coefficient (Wildman–Crippen LogP) is 2.02. The monoisotopic (exact) mass is 252 g/mol. The molecule has 0 aromatic heterocycles. The number of rotatable bonds is 3. The molecule has 3 aliphatic rings. The van der Waals surface area contributed by atoms with Crippen LogP contribution in [0.3, 0.4) is 0 Å². The largest absolute Gasteiger partial charge is 0.379 e. The van der Waals surface area contributed by atoms with Gasteiger partial charge in [-0.1, -0.05) is 12.8 Å². The third-order valence-electron chi connectivity index (χ3n) is 5.37. The summed E-state index contributed by atoms with van der Waals surface area (Å²) in [7, 11) is 0. The lowest BCUT2D eigenvalue weighted by molar-refractivity contribution is 0.0618. The molecule has 0 amide bonds. The van der Waals surface area contributed by atoms with E-state index in [0.717, 1.165) is 25.2 Å². The molecule has 0 aromatic rings. The number of hydrogen-bond acceptors (Lipinski definition) is 3. The SMILES string of the molecule is C1CCC2(C1)CCN(CCC1COCCN1)CC2. The maximum atomic E-state index is 5.52. The number of hydrogen-bond donors (Lipinski definition) is 1. The van der Waals surface area contributed by atoms with Crippen molar-refractivity contribution in [3.8, 4) is 0 Å². The van der Waals surface area contributed by atoms with Crippen LogP contribution in [0, 0.1) is 5.41 Å². The van der Waals surface area contributed by atoms with Gasteiger partial charge in [-0.3, -0.25) is 0 Å². The van der Waals surface area contributed by atoms with Crippen LogP contribution in [0.25, 0.3) is 0 Å². The van der Waals surface area contributed by atoms with Crippen molar-refractivity contribution >= 4 is 0 Å². The first-order valence-electron chi connectivity index (χ1n) is 7.90. The first-order valence-corrected chi connectivity index (χ1v) is 7.90. The second-order valence-electron chi connectivity index (χ2n) is 6.56. The van der Waals surface area contributed by atoms with Crippen LogP contribution in [-0.2, 0) is 4.74 Å². The summed E-state index contributed by atoms with van der Waals surface area (Å²) < 4.78 is 5.52. The minimum atomic E-state index is 0.598. The third kappa shape index (κ3) is 3.06. The molecule has 104 valence electrons. The Balaban J connectivity index is 1.37. The summed E-state index contributed by atoms with van der Waals surface area (Å²) in [6.45, 7) is 6.78. The van der Waals surface area contributed by atoms with Gasteiger partial charge in [0.2, 0.25) is 0 Å². The molecule has 3 heteroatoms. The molecule has 18 heavy (non-hydrogen) atoms. The summed E-state index contributed by atoms with van der Waals surface area (Å²) in [5.74, 6) is 0. The van der Waals surface area contributed by atoms with Crippen molar-refractivity contribution in [2.24, 2.45) is 5.41 Å². The molecule has 1 N–H and O–H groups in total. The molecule has 1 spiro atoms. The molecule has 1 unspecified atom stereocenters. The van der Waals surface area contributed by atoms with Gasteiger partial charge in [0, 0.05) is 12.6 Å².